The smallest absolute Gasteiger partial charge is 0.141 e. The number of nitrogens with zero attached hydrogens (tertiary/aromatic N) is 1. The van der Waals surface area contributed by atoms with E-state index in [0.29, 0.717) is 23.9 Å². The number of fused-ring (bicyclic) bond motifs is 1. The van der Waals surface area contributed by atoms with Crippen LogP contribution in [0.4, 0.5) is 4.39 Å². The predicted molar refractivity (Wildman–Crippen MR) is 79.0 cm³/mol. The van der Waals surface area contributed by atoms with Crippen LogP contribution in [0.2, 0.25) is 0 Å². The molecule has 3 N–H and O–H groups in total. The number of halogens is 1. The molecular weight excluding hydrogens is 253 g/mol. The van der Waals surface area contributed by atoms with Crippen LogP contribution < -0.4 is 5.73 Å². The number of nitrogens with two attached hydrogens (primary N) is 1. The Morgan fingerprint density at radius 1 is 1.25 bits per heavy atom. The molecule has 102 valence electrons. The van der Waals surface area contributed by atoms with Gasteiger partial charge < -0.3 is 10.7 Å². The van der Waals surface area contributed by atoms with Crippen LogP contribution in [-0.4, -0.2) is 16.5 Å². The lowest BCUT2D eigenvalue weighted by Gasteiger charge is -2.07. The highest BCUT2D eigenvalue weighted by atomic mass is 19.1. The summed E-state index contributed by atoms with van der Waals surface area (Å²) in [6.07, 6.45) is 0. The van der Waals surface area contributed by atoms with Gasteiger partial charge in [-0.15, -0.1) is 0 Å². The average Bonchev–Trinajstić information content (AvgIpc) is 2.89. The molecular formula is C16H16FN3. The molecule has 0 aliphatic heterocycles. The Morgan fingerprint density at radius 3 is 2.80 bits per heavy atom. The molecule has 3 rings (SSSR count). The van der Waals surface area contributed by atoms with E-state index < -0.39 is 0 Å². The summed E-state index contributed by atoms with van der Waals surface area (Å²) in [6, 6.07) is 12.6. The van der Waals surface area contributed by atoms with E-state index >= 15 is 0 Å². The Hall–Kier alpha value is -2.20. The van der Waals surface area contributed by atoms with Crippen molar-refractivity contribution in [2.24, 2.45) is 5.73 Å². The fraction of sp³-hybridized carbons (Fsp3) is 0.188. The fourth-order valence-electron chi connectivity index (χ4n) is 2.25. The first kappa shape index (κ1) is 12.8. The quantitative estimate of drug-likeness (QED) is 0.765. The maximum atomic E-state index is 13.8. The van der Waals surface area contributed by atoms with E-state index in [0.717, 1.165) is 16.6 Å². The topological polar surface area (TPSA) is 54.7 Å². The number of nitrogens with one attached hydrogen (secondary N) is 1. The Balaban J connectivity index is 2.09. The summed E-state index contributed by atoms with van der Waals surface area (Å²) in [5.41, 5.74) is 9.06. The Morgan fingerprint density at radius 2 is 2.05 bits per heavy atom. The Labute approximate surface area is 116 Å². The molecule has 0 aliphatic carbocycles. The molecule has 0 amide bonds. The molecule has 1 unspecified atom stereocenters. The van der Waals surface area contributed by atoms with Crippen LogP contribution >= 0.6 is 0 Å². The van der Waals surface area contributed by atoms with E-state index in [1.54, 1.807) is 18.2 Å². The molecule has 3 nitrogen and oxygen atoms in total. The number of imidazole rings is 1. The molecule has 0 saturated heterocycles. The van der Waals surface area contributed by atoms with E-state index in [2.05, 4.69) is 16.9 Å². The van der Waals surface area contributed by atoms with Crippen molar-refractivity contribution in [3.05, 3.63) is 53.8 Å². The van der Waals surface area contributed by atoms with Gasteiger partial charge in [0.15, 0.2) is 0 Å². The molecule has 20 heavy (non-hydrogen) atoms. The third kappa shape index (κ3) is 2.18. The zero-order chi connectivity index (χ0) is 14.1. The highest BCUT2D eigenvalue weighted by Crippen LogP contribution is 2.25. The number of rotatable bonds is 3. The van der Waals surface area contributed by atoms with Crippen molar-refractivity contribution in [2.45, 2.75) is 12.8 Å². The molecule has 3 aromatic rings. The summed E-state index contributed by atoms with van der Waals surface area (Å²) in [5.74, 6) is 0.567. The van der Waals surface area contributed by atoms with Gasteiger partial charge in [0.05, 0.1) is 16.6 Å². The highest BCUT2D eigenvalue weighted by molar-refractivity contribution is 5.80. The van der Waals surface area contributed by atoms with Gasteiger partial charge in [0.2, 0.25) is 0 Å². The fourth-order valence-corrected chi connectivity index (χ4v) is 2.25. The summed E-state index contributed by atoms with van der Waals surface area (Å²) in [5, 5.41) is 0. The van der Waals surface area contributed by atoms with Gasteiger partial charge in [0, 0.05) is 0 Å². The van der Waals surface area contributed by atoms with Gasteiger partial charge >= 0.3 is 0 Å². The average molecular weight is 269 g/mol. The van der Waals surface area contributed by atoms with Gasteiger partial charge in [0.1, 0.15) is 11.6 Å². The van der Waals surface area contributed by atoms with Crippen LogP contribution in [0.5, 0.6) is 0 Å². The zero-order valence-electron chi connectivity index (χ0n) is 11.2. The van der Waals surface area contributed by atoms with Gasteiger partial charge in [0.25, 0.3) is 0 Å². The second kappa shape index (κ2) is 5.06. The highest BCUT2D eigenvalue weighted by Gasteiger charge is 2.11. The maximum absolute atomic E-state index is 13.8. The number of aromatic amines is 1. The minimum absolute atomic E-state index is 0.276. The summed E-state index contributed by atoms with van der Waals surface area (Å²) in [4.78, 5) is 7.62. The van der Waals surface area contributed by atoms with Gasteiger partial charge in [-0.1, -0.05) is 25.1 Å². The number of hydrogen-bond acceptors (Lipinski definition) is 2. The third-order valence-corrected chi connectivity index (χ3v) is 3.56. The van der Waals surface area contributed by atoms with Crippen LogP contribution in [0.1, 0.15) is 18.4 Å². The first-order chi connectivity index (χ1) is 9.69. The summed E-state index contributed by atoms with van der Waals surface area (Å²) >= 11 is 0. The first-order valence-corrected chi connectivity index (χ1v) is 6.63. The monoisotopic (exact) mass is 269 g/mol. The van der Waals surface area contributed by atoms with Crippen LogP contribution in [0.25, 0.3) is 22.4 Å². The second-order valence-corrected chi connectivity index (χ2v) is 4.98. The van der Waals surface area contributed by atoms with Crippen molar-refractivity contribution in [1.29, 1.82) is 0 Å². The molecule has 0 radical (unpaired) electrons. The SMILES string of the molecule is CC(CN)c1ccc2nc(-c3ccccc3F)[nH]c2c1. The number of hydrogen-bond donors (Lipinski definition) is 2. The van der Waals surface area contributed by atoms with E-state index in [-0.39, 0.29) is 5.82 Å². The summed E-state index contributed by atoms with van der Waals surface area (Å²) < 4.78 is 13.8. The molecule has 1 aromatic heterocycles. The molecule has 2 aromatic carbocycles. The second-order valence-electron chi connectivity index (χ2n) is 4.98. The zero-order valence-corrected chi connectivity index (χ0v) is 11.2. The van der Waals surface area contributed by atoms with Crippen molar-refractivity contribution >= 4 is 11.0 Å². The lowest BCUT2D eigenvalue weighted by Crippen LogP contribution is -2.08. The van der Waals surface area contributed by atoms with E-state index in [1.807, 2.05) is 18.2 Å². The van der Waals surface area contributed by atoms with Crippen molar-refractivity contribution in [2.75, 3.05) is 6.54 Å². The summed E-state index contributed by atoms with van der Waals surface area (Å²) in [7, 11) is 0. The summed E-state index contributed by atoms with van der Waals surface area (Å²) in [6.45, 7) is 2.68. The third-order valence-electron chi connectivity index (χ3n) is 3.56. The minimum Gasteiger partial charge on any atom is -0.338 e. The Kier molecular flexibility index (Phi) is 3.24. The van der Waals surface area contributed by atoms with E-state index in [1.165, 1.54) is 6.07 Å². The molecule has 0 saturated carbocycles. The molecule has 0 aliphatic rings. The molecule has 0 spiro atoms. The lowest BCUT2D eigenvalue weighted by molar-refractivity contribution is 0.630. The van der Waals surface area contributed by atoms with E-state index in [9.17, 15) is 4.39 Å². The van der Waals surface area contributed by atoms with Crippen molar-refractivity contribution in [3.8, 4) is 11.4 Å². The number of benzene rings is 2. The maximum Gasteiger partial charge on any atom is 0.141 e. The number of H-pyrrole nitrogens is 1. The predicted octanol–water partition coefficient (Wildman–Crippen LogP) is 3.43. The van der Waals surface area contributed by atoms with Gasteiger partial charge in [-0.3, -0.25) is 0 Å². The Bertz CT molecular complexity index is 748. The van der Waals surface area contributed by atoms with Crippen LogP contribution in [-0.2, 0) is 0 Å². The van der Waals surface area contributed by atoms with Crippen molar-refractivity contribution < 1.29 is 4.39 Å². The normalized spacial score (nSPS) is 12.8. The number of aromatic nitrogens is 2. The van der Waals surface area contributed by atoms with E-state index in [4.69, 9.17) is 5.73 Å². The standard InChI is InChI=1S/C16H16FN3/c1-10(9-18)11-6-7-14-15(8-11)20-16(19-14)12-4-2-3-5-13(12)17/h2-8,10H,9,18H2,1H3,(H,19,20). The minimum atomic E-state index is -0.276. The van der Waals surface area contributed by atoms with Crippen LogP contribution in [0, 0.1) is 5.82 Å². The molecule has 0 fully saturated rings. The van der Waals surface area contributed by atoms with Gasteiger partial charge in [-0.2, -0.15) is 0 Å². The largest absolute Gasteiger partial charge is 0.338 e. The molecule has 1 atom stereocenters. The lowest BCUT2D eigenvalue weighted by atomic mass is 10.0. The van der Waals surface area contributed by atoms with Crippen molar-refractivity contribution in [1.82, 2.24) is 9.97 Å². The molecule has 4 heteroatoms. The molecule has 0 bridgehead atoms. The van der Waals surface area contributed by atoms with Crippen LogP contribution in [0.3, 0.4) is 0 Å². The first-order valence-electron chi connectivity index (χ1n) is 6.63. The van der Waals surface area contributed by atoms with Gasteiger partial charge in [-0.05, 0) is 42.3 Å². The van der Waals surface area contributed by atoms with Crippen molar-refractivity contribution in [3.63, 3.8) is 0 Å². The van der Waals surface area contributed by atoms with Gasteiger partial charge in [-0.25, -0.2) is 9.37 Å². The molecule has 1 heterocycles. The van der Waals surface area contributed by atoms with Crippen LogP contribution in [0.15, 0.2) is 42.5 Å².